The lowest BCUT2D eigenvalue weighted by Crippen LogP contribution is -2.09. The number of aryl methyl sites for hydroxylation is 1. The van der Waals surface area contributed by atoms with Crippen LogP contribution in [0.4, 0.5) is 5.82 Å². The molecule has 0 spiro atoms. The number of hydrogen-bond donors (Lipinski definition) is 2. The first-order valence-electron chi connectivity index (χ1n) is 10.1. The van der Waals surface area contributed by atoms with Crippen molar-refractivity contribution in [3.63, 3.8) is 0 Å². The van der Waals surface area contributed by atoms with Crippen molar-refractivity contribution in [2.75, 3.05) is 19.5 Å². The molecule has 0 saturated carbocycles. The van der Waals surface area contributed by atoms with Gasteiger partial charge >= 0.3 is 0 Å². The minimum absolute atomic E-state index is 0.0561. The first kappa shape index (κ1) is 21.1. The highest BCUT2D eigenvalue weighted by atomic mass is 32.1. The van der Waals surface area contributed by atoms with Gasteiger partial charge in [0, 0.05) is 22.9 Å². The second kappa shape index (κ2) is 8.91. The zero-order valence-electron chi connectivity index (χ0n) is 18.1. The van der Waals surface area contributed by atoms with Crippen LogP contribution in [0.15, 0.2) is 47.8 Å². The summed E-state index contributed by atoms with van der Waals surface area (Å²) in [6, 6.07) is 14.3. The van der Waals surface area contributed by atoms with E-state index in [0.717, 1.165) is 22.3 Å². The average molecular weight is 435 g/mol. The van der Waals surface area contributed by atoms with Crippen molar-refractivity contribution in [1.29, 1.82) is 0 Å². The monoisotopic (exact) mass is 434 g/mol. The smallest absolute Gasteiger partial charge is 0.162 e. The number of hydrogen-bond acceptors (Lipinski definition) is 7. The summed E-state index contributed by atoms with van der Waals surface area (Å²) in [4.78, 5) is 10.4. The normalized spacial score (nSPS) is 12.0. The van der Waals surface area contributed by atoms with Gasteiger partial charge in [-0.25, -0.2) is 9.97 Å². The molecular formula is C24H26N4O2S. The Hall–Kier alpha value is -3.16. The molecule has 0 aliphatic heterocycles. The molecule has 0 bridgehead atoms. The molecule has 0 saturated heterocycles. The number of nitrogens with zero attached hydrogens (tertiary/aromatic N) is 2. The Morgan fingerprint density at radius 2 is 1.81 bits per heavy atom. The lowest BCUT2D eigenvalue weighted by atomic mass is 10.0. The molecule has 1 atom stereocenters. The molecule has 7 heteroatoms. The second-order valence-electron chi connectivity index (χ2n) is 7.32. The van der Waals surface area contributed by atoms with E-state index in [9.17, 15) is 0 Å². The molecule has 1 unspecified atom stereocenters. The van der Waals surface area contributed by atoms with Gasteiger partial charge in [-0.3, -0.25) is 0 Å². The molecule has 4 aromatic rings. The van der Waals surface area contributed by atoms with Crippen molar-refractivity contribution in [2.45, 2.75) is 26.4 Å². The summed E-state index contributed by atoms with van der Waals surface area (Å²) in [5, 5.41) is 6.63. The molecule has 3 N–H and O–H groups in total. The van der Waals surface area contributed by atoms with Gasteiger partial charge in [0.15, 0.2) is 11.5 Å². The summed E-state index contributed by atoms with van der Waals surface area (Å²) in [6.45, 7) is 4.54. The van der Waals surface area contributed by atoms with Crippen LogP contribution in [-0.2, 0) is 6.54 Å². The van der Waals surface area contributed by atoms with Gasteiger partial charge in [-0.1, -0.05) is 24.3 Å². The van der Waals surface area contributed by atoms with Gasteiger partial charge in [-0.2, -0.15) is 0 Å². The van der Waals surface area contributed by atoms with Gasteiger partial charge < -0.3 is 20.5 Å². The van der Waals surface area contributed by atoms with Crippen LogP contribution in [0.5, 0.6) is 11.5 Å². The highest BCUT2D eigenvalue weighted by molar-refractivity contribution is 7.13. The number of anilines is 1. The summed E-state index contributed by atoms with van der Waals surface area (Å²) in [5.74, 6) is 2.76. The Labute approximate surface area is 186 Å². The summed E-state index contributed by atoms with van der Waals surface area (Å²) >= 11 is 1.72. The Morgan fingerprint density at radius 1 is 1.06 bits per heavy atom. The van der Waals surface area contributed by atoms with E-state index < -0.39 is 0 Å². The maximum absolute atomic E-state index is 5.93. The third-order valence-corrected chi connectivity index (χ3v) is 6.27. The van der Waals surface area contributed by atoms with Crippen molar-refractivity contribution >= 4 is 28.1 Å². The van der Waals surface area contributed by atoms with E-state index in [-0.39, 0.29) is 6.04 Å². The second-order valence-corrected chi connectivity index (χ2v) is 8.23. The maximum atomic E-state index is 5.93. The van der Waals surface area contributed by atoms with E-state index in [0.29, 0.717) is 23.9 Å². The summed E-state index contributed by atoms with van der Waals surface area (Å²) in [6.07, 6.45) is 0. The molecule has 0 radical (unpaired) electrons. The van der Waals surface area contributed by atoms with E-state index >= 15 is 0 Å². The third kappa shape index (κ3) is 4.19. The standard InChI is InChI=1S/C24H26N4O2S/c1-14(17-9-23(31-13-17)18-8-6-5-7-16(18)12-25)26-24-19-10-21(29-3)22(30-4)11-20(19)27-15(2)28-24/h5-11,13-14H,12,25H2,1-4H3,(H,26,27,28). The quantitative estimate of drug-likeness (QED) is 0.410. The lowest BCUT2D eigenvalue weighted by molar-refractivity contribution is 0.356. The molecular weight excluding hydrogens is 408 g/mol. The van der Waals surface area contributed by atoms with Crippen molar-refractivity contribution in [1.82, 2.24) is 9.97 Å². The van der Waals surface area contributed by atoms with Crippen LogP contribution in [0.25, 0.3) is 21.3 Å². The minimum atomic E-state index is 0.0561. The van der Waals surface area contributed by atoms with Gasteiger partial charge in [0.1, 0.15) is 11.6 Å². The van der Waals surface area contributed by atoms with Crippen LogP contribution in [0.2, 0.25) is 0 Å². The SMILES string of the molecule is COc1cc2nc(C)nc(NC(C)c3csc(-c4ccccc4CN)c3)c2cc1OC. The number of aromatic nitrogens is 2. The van der Waals surface area contributed by atoms with Crippen LogP contribution < -0.4 is 20.5 Å². The molecule has 0 aliphatic carbocycles. The van der Waals surface area contributed by atoms with Crippen molar-refractivity contribution in [3.8, 4) is 21.9 Å². The topological polar surface area (TPSA) is 82.3 Å². The van der Waals surface area contributed by atoms with Crippen LogP contribution in [0.1, 0.15) is 29.9 Å². The third-order valence-electron chi connectivity index (χ3n) is 5.29. The zero-order chi connectivity index (χ0) is 22.0. The summed E-state index contributed by atoms with van der Waals surface area (Å²) in [5.41, 5.74) is 10.3. The Morgan fingerprint density at radius 3 is 2.55 bits per heavy atom. The minimum Gasteiger partial charge on any atom is -0.493 e. The molecule has 2 aromatic heterocycles. The molecule has 2 heterocycles. The zero-order valence-corrected chi connectivity index (χ0v) is 18.9. The number of rotatable bonds is 7. The van der Waals surface area contributed by atoms with Gasteiger partial charge in [0.2, 0.25) is 0 Å². The van der Waals surface area contributed by atoms with Crippen LogP contribution in [-0.4, -0.2) is 24.2 Å². The number of nitrogens with two attached hydrogens (primary N) is 1. The Balaban J connectivity index is 1.67. The van der Waals surface area contributed by atoms with E-state index in [2.05, 4.69) is 45.8 Å². The van der Waals surface area contributed by atoms with Crippen LogP contribution in [0, 0.1) is 6.92 Å². The molecule has 31 heavy (non-hydrogen) atoms. The van der Waals surface area contributed by atoms with Crippen molar-refractivity contribution in [2.24, 2.45) is 5.73 Å². The maximum Gasteiger partial charge on any atom is 0.162 e. The molecule has 160 valence electrons. The predicted molar refractivity (Wildman–Crippen MR) is 127 cm³/mol. The number of benzene rings is 2. The largest absolute Gasteiger partial charge is 0.493 e. The van der Waals surface area contributed by atoms with Crippen LogP contribution in [0.3, 0.4) is 0 Å². The number of nitrogens with one attached hydrogen (secondary N) is 1. The van der Waals surface area contributed by atoms with E-state index in [4.69, 9.17) is 15.2 Å². The summed E-state index contributed by atoms with van der Waals surface area (Å²) < 4.78 is 10.9. The van der Waals surface area contributed by atoms with Gasteiger partial charge in [0.25, 0.3) is 0 Å². The predicted octanol–water partition coefficient (Wildman–Crippen LogP) is 5.32. The van der Waals surface area contributed by atoms with Crippen molar-refractivity contribution < 1.29 is 9.47 Å². The van der Waals surface area contributed by atoms with E-state index in [1.54, 1.807) is 25.6 Å². The molecule has 2 aromatic carbocycles. The molecule has 0 aliphatic rings. The fraction of sp³-hybridized carbons (Fsp3) is 0.250. The fourth-order valence-corrected chi connectivity index (χ4v) is 4.69. The first-order chi connectivity index (χ1) is 15.0. The number of fused-ring (bicyclic) bond motifs is 1. The Kier molecular flexibility index (Phi) is 6.06. The number of methoxy groups -OCH3 is 2. The van der Waals surface area contributed by atoms with E-state index in [1.807, 2.05) is 31.2 Å². The molecule has 6 nitrogen and oxygen atoms in total. The summed E-state index contributed by atoms with van der Waals surface area (Å²) in [7, 11) is 3.25. The van der Waals surface area contributed by atoms with Gasteiger partial charge in [-0.05, 0) is 48.1 Å². The number of ether oxygens (including phenoxy) is 2. The van der Waals surface area contributed by atoms with Crippen LogP contribution >= 0.6 is 11.3 Å². The van der Waals surface area contributed by atoms with Gasteiger partial charge in [-0.15, -0.1) is 11.3 Å². The van der Waals surface area contributed by atoms with Gasteiger partial charge in [0.05, 0.1) is 25.8 Å². The average Bonchev–Trinajstić information content (AvgIpc) is 3.28. The molecule has 0 fully saturated rings. The molecule has 0 amide bonds. The highest BCUT2D eigenvalue weighted by Gasteiger charge is 2.16. The fourth-order valence-electron chi connectivity index (χ4n) is 3.63. The first-order valence-corrected chi connectivity index (χ1v) is 11.0. The molecule has 4 rings (SSSR count). The highest BCUT2D eigenvalue weighted by Crippen LogP contribution is 2.36. The lowest BCUT2D eigenvalue weighted by Gasteiger charge is -2.17. The number of thiophene rings is 1. The Bertz CT molecular complexity index is 1220. The van der Waals surface area contributed by atoms with Crippen molar-refractivity contribution in [3.05, 3.63) is 64.8 Å². The van der Waals surface area contributed by atoms with E-state index in [1.165, 1.54) is 16.0 Å².